The molecule has 5 aliphatic carbocycles. The Morgan fingerprint density at radius 1 is 1.03 bits per heavy atom. The number of allylic oxidation sites excluding steroid dienone is 1. The van der Waals surface area contributed by atoms with Gasteiger partial charge in [-0.3, -0.25) is 9.59 Å². The summed E-state index contributed by atoms with van der Waals surface area (Å²) < 4.78 is 18.0. The number of carbonyl (C=O) groups excluding carboxylic acids is 3. The Hall–Kier alpha value is -2.23. The standard InChI is InChI=1S/C30H40O9/c1-13-10-22-28(5,26(35)27(36)37-22)21-11-20-23-19(8-9-29(20,24(13)21)38-15(3)31)30(39-16(4)32)12-17(33)6-7-18(30)14(2)25(23)34/h10,13,17-21,23-26,33-35H,2,6-9,11-12H2,1,3-5H3/t13-,17+,18?,19?,20?,21?,23?,24?,25?,26?,28?,29?,30?/m1/s1. The second kappa shape index (κ2) is 8.63. The zero-order valence-corrected chi connectivity index (χ0v) is 23.1. The molecule has 214 valence electrons. The van der Waals surface area contributed by atoms with Crippen LogP contribution in [0, 0.1) is 46.8 Å². The van der Waals surface area contributed by atoms with E-state index in [0.29, 0.717) is 43.4 Å². The zero-order valence-electron chi connectivity index (χ0n) is 23.1. The van der Waals surface area contributed by atoms with Crippen LogP contribution in [-0.4, -0.2) is 62.7 Å². The van der Waals surface area contributed by atoms with Crippen molar-refractivity contribution in [3.8, 4) is 0 Å². The van der Waals surface area contributed by atoms with E-state index in [2.05, 4.69) is 6.58 Å². The molecule has 13 atom stereocenters. The molecule has 0 bridgehead atoms. The van der Waals surface area contributed by atoms with Crippen molar-refractivity contribution in [2.75, 3.05) is 0 Å². The van der Waals surface area contributed by atoms with Crippen LogP contribution in [0.4, 0.5) is 0 Å². The lowest BCUT2D eigenvalue weighted by Crippen LogP contribution is -2.67. The molecule has 11 unspecified atom stereocenters. The third kappa shape index (κ3) is 3.39. The van der Waals surface area contributed by atoms with Crippen LogP contribution in [0.2, 0.25) is 0 Å². The topological polar surface area (TPSA) is 140 Å². The smallest absolute Gasteiger partial charge is 0.341 e. The molecular weight excluding hydrogens is 504 g/mol. The van der Waals surface area contributed by atoms with Crippen molar-refractivity contribution < 1.29 is 43.9 Å². The predicted octanol–water partition coefficient (Wildman–Crippen LogP) is 2.42. The highest BCUT2D eigenvalue weighted by Crippen LogP contribution is 2.71. The first-order valence-corrected chi connectivity index (χ1v) is 14.3. The fourth-order valence-electron chi connectivity index (χ4n) is 10.4. The molecule has 6 aliphatic rings. The number of aliphatic hydroxyl groups excluding tert-OH is 3. The molecule has 0 aromatic heterocycles. The van der Waals surface area contributed by atoms with Crippen molar-refractivity contribution in [1.29, 1.82) is 0 Å². The van der Waals surface area contributed by atoms with Crippen LogP contribution in [0.15, 0.2) is 24.0 Å². The minimum Gasteiger partial charge on any atom is -0.459 e. The van der Waals surface area contributed by atoms with E-state index in [1.54, 1.807) is 0 Å². The Morgan fingerprint density at radius 2 is 1.69 bits per heavy atom. The molecule has 1 saturated heterocycles. The van der Waals surface area contributed by atoms with E-state index in [9.17, 15) is 29.7 Å². The van der Waals surface area contributed by atoms with E-state index in [4.69, 9.17) is 14.2 Å². The maximum absolute atomic E-state index is 12.7. The number of hydrogen-bond donors (Lipinski definition) is 3. The van der Waals surface area contributed by atoms with Crippen LogP contribution >= 0.6 is 0 Å². The van der Waals surface area contributed by atoms with Gasteiger partial charge < -0.3 is 29.5 Å². The van der Waals surface area contributed by atoms with Gasteiger partial charge in [-0.05, 0) is 62.5 Å². The lowest BCUT2D eigenvalue weighted by atomic mass is 9.47. The normalized spacial score (nSPS) is 51.8. The van der Waals surface area contributed by atoms with E-state index in [-0.39, 0.29) is 41.9 Å². The van der Waals surface area contributed by atoms with Crippen molar-refractivity contribution in [3.05, 3.63) is 24.0 Å². The number of carbonyl (C=O) groups is 3. The van der Waals surface area contributed by atoms with Gasteiger partial charge in [0.1, 0.15) is 17.0 Å². The molecule has 5 fully saturated rings. The first-order valence-electron chi connectivity index (χ1n) is 14.3. The van der Waals surface area contributed by atoms with Gasteiger partial charge in [0.05, 0.1) is 17.6 Å². The average molecular weight is 545 g/mol. The lowest BCUT2D eigenvalue weighted by Gasteiger charge is -2.62. The summed E-state index contributed by atoms with van der Waals surface area (Å²) in [5.74, 6) is -3.02. The molecule has 1 aliphatic heterocycles. The van der Waals surface area contributed by atoms with Gasteiger partial charge in [0.15, 0.2) is 6.10 Å². The third-order valence-corrected chi connectivity index (χ3v) is 11.6. The van der Waals surface area contributed by atoms with Crippen molar-refractivity contribution >= 4 is 17.9 Å². The van der Waals surface area contributed by atoms with E-state index < -0.39 is 58.8 Å². The second-order valence-corrected chi connectivity index (χ2v) is 13.3. The summed E-state index contributed by atoms with van der Waals surface area (Å²) in [6.07, 6.45) is 1.85. The summed E-state index contributed by atoms with van der Waals surface area (Å²) in [6.45, 7) is 10.9. The van der Waals surface area contributed by atoms with Crippen LogP contribution < -0.4 is 0 Å². The van der Waals surface area contributed by atoms with Gasteiger partial charge >= 0.3 is 17.9 Å². The molecule has 9 heteroatoms. The molecule has 9 nitrogen and oxygen atoms in total. The monoisotopic (exact) mass is 544 g/mol. The number of aliphatic hydroxyl groups is 3. The third-order valence-electron chi connectivity index (χ3n) is 11.6. The number of ether oxygens (including phenoxy) is 3. The molecule has 0 spiro atoms. The summed E-state index contributed by atoms with van der Waals surface area (Å²) in [7, 11) is 0. The van der Waals surface area contributed by atoms with Crippen LogP contribution in [-0.2, 0) is 28.6 Å². The molecule has 4 saturated carbocycles. The van der Waals surface area contributed by atoms with E-state index in [1.807, 2.05) is 19.9 Å². The molecular formula is C30H40O9. The maximum Gasteiger partial charge on any atom is 0.341 e. The summed E-state index contributed by atoms with van der Waals surface area (Å²) >= 11 is 0. The second-order valence-electron chi connectivity index (χ2n) is 13.3. The summed E-state index contributed by atoms with van der Waals surface area (Å²) in [4.78, 5) is 37.7. The molecule has 0 amide bonds. The van der Waals surface area contributed by atoms with E-state index >= 15 is 0 Å². The summed E-state index contributed by atoms with van der Waals surface area (Å²) in [5, 5.41) is 33.7. The fourth-order valence-corrected chi connectivity index (χ4v) is 10.4. The van der Waals surface area contributed by atoms with Gasteiger partial charge in [0.25, 0.3) is 0 Å². The Balaban J connectivity index is 1.50. The minimum absolute atomic E-state index is 0.118. The van der Waals surface area contributed by atoms with Crippen LogP contribution in [0.5, 0.6) is 0 Å². The van der Waals surface area contributed by atoms with E-state index in [0.717, 1.165) is 0 Å². The van der Waals surface area contributed by atoms with Gasteiger partial charge in [-0.15, -0.1) is 0 Å². The predicted molar refractivity (Wildman–Crippen MR) is 136 cm³/mol. The van der Waals surface area contributed by atoms with Gasteiger partial charge in [0, 0.05) is 49.9 Å². The molecule has 0 radical (unpaired) electrons. The highest BCUT2D eigenvalue weighted by Gasteiger charge is 2.75. The van der Waals surface area contributed by atoms with E-state index in [1.165, 1.54) is 13.8 Å². The van der Waals surface area contributed by atoms with Crippen molar-refractivity contribution in [1.82, 2.24) is 0 Å². The highest BCUT2D eigenvalue weighted by atomic mass is 16.6. The molecule has 39 heavy (non-hydrogen) atoms. The highest BCUT2D eigenvalue weighted by molar-refractivity contribution is 5.81. The summed E-state index contributed by atoms with van der Waals surface area (Å²) in [6, 6.07) is 0. The molecule has 3 N–H and O–H groups in total. The van der Waals surface area contributed by atoms with Crippen LogP contribution in [0.3, 0.4) is 0 Å². The fraction of sp³-hybridized carbons (Fsp3) is 0.767. The van der Waals surface area contributed by atoms with Gasteiger partial charge in [-0.25, -0.2) is 4.79 Å². The Morgan fingerprint density at radius 3 is 2.36 bits per heavy atom. The molecule has 1 heterocycles. The van der Waals surface area contributed by atoms with Gasteiger partial charge in [0.2, 0.25) is 0 Å². The number of rotatable bonds is 2. The summed E-state index contributed by atoms with van der Waals surface area (Å²) in [5.41, 5.74) is -2.35. The first kappa shape index (κ1) is 27.0. The average Bonchev–Trinajstić information content (AvgIpc) is 3.29. The molecule has 0 aromatic rings. The largest absolute Gasteiger partial charge is 0.459 e. The quantitative estimate of drug-likeness (QED) is 0.272. The number of fused-ring (bicyclic) bond motifs is 9. The van der Waals surface area contributed by atoms with Crippen molar-refractivity contribution in [2.45, 2.75) is 95.7 Å². The zero-order chi connectivity index (χ0) is 28.2. The van der Waals surface area contributed by atoms with Crippen LogP contribution in [0.1, 0.15) is 66.2 Å². The van der Waals surface area contributed by atoms with Gasteiger partial charge in [-0.1, -0.05) is 13.5 Å². The first-order chi connectivity index (χ1) is 18.3. The SMILES string of the molecule is C=C1C(O)C2C(CCC3(OC(C)=O)C2CC2C3[C@H](C)C=C3OC(=O)C(O)C32C)C2(OC(C)=O)C[C@@H](O)CCC12. The molecule has 6 rings (SSSR count). The van der Waals surface area contributed by atoms with Crippen LogP contribution in [0.25, 0.3) is 0 Å². The minimum atomic E-state index is -1.34. The lowest BCUT2D eigenvalue weighted by molar-refractivity contribution is -0.237. The number of hydrogen-bond acceptors (Lipinski definition) is 9. The Labute approximate surface area is 228 Å². The van der Waals surface area contributed by atoms with Crippen molar-refractivity contribution in [2.24, 2.45) is 46.8 Å². The molecule has 0 aromatic carbocycles. The Bertz CT molecular complexity index is 1160. The number of esters is 3. The Kier molecular flexibility index (Phi) is 5.97. The van der Waals surface area contributed by atoms with Crippen molar-refractivity contribution in [3.63, 3.8) is 0 Å². The van der Waals surface area contributed by atoms with Gasteiger partial charge in [-0.2, -0.15) is 0 Å². The maximum atomic E-state index is 12.7.